The molecule has 2 aliphatic carbocycles. The Kier molecular flexibility index (Phi) is 9.94. The standard InChI is InChI=1S/C20H22F3N3O3.C18H22N4O2/c1-12-2-7-17(25(9-12)18(27)19(28)29-11-20(21,22)23)13-3-4-14-10-26(15-5-6-15)24-16(14)8-13;1-11-2-7-16(21(9-11)18(24)17(19)23)12-3-4-13-10-22(14-5-6-14)20-15(13)8-12/h3-4,8,10,12,15,17H,2,5-7,9,11H2,1H3;3-4,8,10-11,14,16H,2,5-7,9H2,1H3,(H2,19,23)/t12-,17+;11-,16+/m00/s1. The molecule has 3 amide bonds. The molecule has 4 aromatic rings. The fraction of sp³-hybridized carbons (Fsp3) is 0.526. The summed E-state index contributed by atoms with van der Waals surface area (Å²) in [5, 5.41) is 11.4. The van der Waals surface area contributed by atoms with E-state index >= 15 is 0 Å². The lowest BCUT2D eigenvalue weighted by molar-refractivity contribution is -0.190. The quantitative estimate of drug-likeness (QED) is 0.198. The average molecular weight is 736 g/mol. The number of ether oxygens (including phenoxy) is 1. The summed E-state index contributed by atoms with van der Waals surface area (Å²) < 4.78 is 45.2. The summed E-state index contributed by atoms with van der Waals surface area (Å²) in [6.07, 6.45) is 7.38. The maximum atomic E-state index is 12.6. The van der Waals surface area contributed by atoms with Gasteiger partial charge in [-0.1, -0.05) is 38.1 Å². The van der Waals surface area contributed by atoms with Crippen molar-refractivity contribution in [2.45, 2.75) is 95.6 Å². The predicted octanol–water partition coefficient (Wildman–Crippen LogP) is 5.93. The lowest BCUT2D eigenvalue weighted by Crippen LogP contribution is -2.46. The molecule has 4 aliphatic rings. The Hall–Kier alpha value is -4.95. The van der Waals surface area contributed by atoms with Gasteiger partial charge in [0.25, 0.3) is 0 Å². The molecule has 2 aromatic carbocycles. The van der Waals surface area contributed by atoms with E-state index in [1.165, 1.54) is 17.7 Å². The predicted molar refractivity (Wildman–Crippen MR) is 188 cm³/mol. The van der Waals surface area contributed by atoms with E-state index in [0.717, 1.165) is 65.0 Å². The van der Waals surface area contributed by atoms with Crippen LogP contribution < -0.4 is 5.73 Å². The maximum absolute atomic E-state index is 12.6. The smallest absolute Gasteiger partial charge is 0.422 e. The third-order valence-corrected chi connectivity index (χ3v) is 10.6. The van der Waals surface area contributed by atoms with Crippen LogP contribution in [0.15, 0.2) is 48.8 Å². The summed E-state index contributed by atoms with van der Waals surface area (Å²) in [7, 11) is 0. The van der Waals surface area contributed by atoms with Gasteiger partial charge in [-0.2, -0.15) is 23.4 Å². The zero-order valence-corrected chi connectivity index (χ0v) is 29.8. The summed E-state index contributed by atoms with van der Waals surface area (Å²) in [5.74, 6) is -3.45. The summed E-state index contributed by atoms with van der Waals surface area (Å²) in [6.45, 7) is 3.13. The molecule has 4 heterocycles. The Bertz CT molecular complexity index is 2030. The molecular weight excluding hydrogens is 691 g/mol. The van der Waals surface area contributed by atoms with Gasteiger partial charge in [-0.15, -0.1) is 0 Å². The number of piperidine rings is 2. The number of hydrogen-bond acceptors (Lipinski definition) is 7. The minimum absolute atomic E-state index is 0.100. The molecule has 282 valence electrons. The van der Waals surface area contributed by atoms with Crippen molar-refractivity contribution in [2.24, 2.45) is 17.6 Å². The molecule has 4 fully saturated rings. The number of likely N-dealkylation sites (tertiary alicyclic amines) is 2. The van der Waals surface area contributed by atoms with E-state index in [-0.39, 0.29) is 12.0 Å². The third-order valence-electron chi connectivity index (χ3n) is 10.6. The Morgan fingerprint density at radius 2 is 1.17 bits per heavy atom. The second-order valence-electron chi connectivity index (χ2n) is 15.2. The summed E-state index contributed by atoms with van der Waals surface area (Å²) in [6, 6.07) is 12.4. The number of primary amides is 1. The largest absolute Gasteiger partial charge is 0.449 e. The topological polar surface area (TPSA) is 146 Å². The van der Waals surface area contributed by atoms with Gasteiger partial charge in [-0.25, -0.2) is 4.79 Å². The molecular formula is C38H44F3N7O5. The number of amides is 3. The summed E-state index contributed by atoms with van der Waals surface area (Å²) in [4.78, 5) is 51.1. The van der Waals surface area contributed by atoms with Crippen molar-refractivity contribution in [3.8, 4) is 0 Å². The molecule has 8 rings (SSSR count). The number of carbonyl (C=O) groups is 4. The highest BCUT2D eigenvalue weighted by molar-refractivity contribution is 6.34. The van der Waals surface area contributed by atoms with Crippen molar-refractivity contribution in [3.05, 3.63) is 59.9 Å². The van der Waals surface area contributed by atoms with Crippen LogP contribution in [0.2, 0.25) is 0 Å². The Balaban J connectivity index is 0.000000167. The van der Waals surface area contributed by atoms with Crippen LogP contribution in [-0.4, -0.2) is 78.9 Å². The zero-order valence-electron chi connectivity index (χ0n) is 29.8. The molecule has 0 unspecified atom stereocenters. The van der Waals surface area contributed by atoms with Crippen LogP contribution in [0.3, 0.4) is 0 Å². The molecule has 12 nitrogen and oxygen atoms in total. The van der Waals surface area contributed by atoms with E-state index < -0.39 is 42.5 Å². The van der Waals surface area contributed by atoms with Gasteiger partial charge >= 0.3 is 29.9 Å². The highest BCUT2D eigenvalue weighted by atomic mass is 19.4. The van der Waals surface area contributed by atoms with Crippen molar-refractivity contribution < 1.29 is 37.1 Å². The number of halogens is 3. The molecule has 2 aliphatic heterocycles. The van der Waals surface area contributed by atoms with Gasteiger partial charge in [0.15, 0.2) is 6.61 Å². The molecule has 0 bridgehead atoms. The Morgan fingerprint density at radius 3 is 1.58 bits per heavy atom. The number of benzene rings is 2. The monoisotopic (exact) mass is 735 g/mol. The number of carbonyl (C=O) groups excluding carboxylic acids is 4. The van der Waals surface area contributed by atoms with E-state index in [4.69, 9.17) is 5.73 Å². The van der Waals surface area contributed by atoms with Crippen LogP contribution >= 0.6 is 0 Å². The van der Waals surface area contributed by atoms with Gasteiger partial charge < -0.3 is 20.3 Å². The van der Waals surface area contributed by atoms with Crippen molar-refractivity contribution in [2.75, 3.05) is 19.7 Å². The van der Waals surface area contributed by atoms with Crippen LogP contribution in [-0.2, 0) is 23.9 Å². The number of fused-ring (bicyclic) bond motifs is 2. The molecule has 2 saturated carbocycles. The highest BCUT2D eigenvalue weighted by Gasteiger charge is 2.38. The van der Waals surface area contributed by atoms with E-state index in [1.54, 1.807) is 4.90 Å². The molecule has 2 aromatic heterocycles. The minimum atomic E-state index is -4.67. The first kappa shape index (κ1) is 36.4. The third kappa shape index (κ3) is 8.33. The van der Waals surface area contributed by atoms with E-state index in [1.807, 2.05) is 46.7 Å². The SMILES string of the molecule is C[C@H]1CC[C@H](c2ccc3cn(C4CC4)nc3c2)N(C(=O)C(=O)OCC(F)(F)F)C1.C[C@H]1CC[C@H](c2ccc3cn(C4CC4)nc3c2)N(C(=O)C(N)=O)C1. The fourth-order valence-corrected chi connectivity index (χ4v) is 7.49. The lowest BCUT2D eigenvalue weighted by Gasteiger charge is -2.38. The molecule has 0 spiro atoms. The second-order valence-corrected chi connectivity index (χ2v) is 15.2. The molecule has 2 saturated heterocycles. The summed E-state index contributed by atoms with van der Waals surface area (Å²) >= 11 is 0. The molecule has 0 radical (unpaired) electrons. The first-order valence-corrected chi connectivity index (χ1v) is 18.4. The number of esters is 1. The Morgan fingerprint density at radius 1 is 0.717 bits per heavy atom. The van der Waals surface area contributed by atoms with Crippen molar-refractivity contribution in [1.29, 1.82) is 0 Å². The number of rotatable bonds is 5. The summed E-state index contributed by atoms with van der Waals surface area (Å²) in [5.41, 5.74) is 8.85. The minimum Gasteiger partial charge on any atom is -0.449 e. The average Bonchev–Trinajstić information content (AvgIpc) is 4.07. The van der Waals surface area contributed by atoms with Gasteiger partial charge in [0.05, 0.1) is 35.2 Å². The number of aromatic nitrogens is 4. The number of alkyl halides is 3. The van der Waals surface area contributed by atoms with Crippen LogP contribution in [0.25, 0.3) is 21.8 Å². The maximum Gasteiger partial charge on any atom is 0.422 e. The Labute approximate surface area is 304 Å². The van der Waals surface area contributed by atoms with Gasteiger partial charge in [-0.05, 0) is 86.5 Å². The zero-order chi connectivity index (χ0) is 37.6. The highest BCUT2D eigenvalue weighted by Crippen LogP contribution is 2.39. The van der Waals surface area contributed by atoms with Crippen LogP contribution in [0.5, 0.6) is 0 Å². The lowest BCUT2D eigenvalue weighted by atomic mass is 9.89. The van der Waals surface area contributed by atoms with Crippen LogP contribution in [0, 0.1) is 11.8 Å². The number of hydrogen-bond donors (Lipinski definition) is 1. The van der Waals surface area contributed by atoms with E-state index in [9.17, 15) is 32.3 Å². The van der Waals surface area contributed by atoms with E-state index in [0.29, 0.717) is 37.5 Å². The van der Waals surface area contributed by atoms with Crippen LogP contribution in [0.4, 0.5) is 13.2 Å². The van der Waals surface area contributed by atoms with E-state index in [2.05, 4.69) is 40.2 Å². The molecule has 2 N–H and O–H groups in total. The first-order chi connectivity index (χ1) is 25.2. The van der Waals surface area contributed by atoms with Gasteiger partial charge in [0.2, 0.25) is 0 Å². The van der Waals surface area contributed by atoms with Gasteiger partial charge in [-0.3, -0.25) is 23.7 Å². The normalized spacial score (nSPS) is 23.4. The van der Waals surface area contributed by atoms with Crippen molar-refractivity contribution in [1.82, 2.24) is 29.4 Å². The molecule has 15 heteroatoms. The molecule has 4 atom stereocenters. The number of nitrogens with two attached hydrogens (primary N) is 1. The first-order valence-electron chi connectivity index (χ1n) is 18.4. The molecule has 53 heavy (non-hydrogen) atoms. The van der Waals surface area contributed by atoms with Gasteiger partial charge in [0.1, 0.15) is 0 Å². The second kappa shape index (κ2) is 14.5. The van der Waals surface area contributed by atoms with Gasteiger partial charge in [0, 0.05) is 36.3 Å². The fourth-order valence-electron chi connectivity index (χ4n) is 7.49. The van der Waals surface area contributed by atoms with Crippen LogP contribution in [0.1, 0.15) is 101 Å². The van der Waals surface area contributed by atoms with Crippen molar-refractivity contribution in [3.63, 3.8) is 0 Å². The van der Waals surface area contributed by atoms with Crippen molar-refractivity contribution >= 4 is 45.5 Å². The number of nitrogens with zero attached hydrogens (tertiary/aromatic N) is 6.